The van der Waals surface area contributed by atoms with Gasteiger partial charge in [0.15, 0.2) is 11.6 Å². The number of nitrogens with two attached hydrogens (primary N) is 1. The van der Waals surface area contributed by atoms with Crippen molar-refractivity contribution in [2.75, 3.05) is 25.9 Å². The van der Waals surface area contributed by atoms with Gasteiger partial charge in [-0.2, -0.15) is 0 Å². The first kappa shape index (κ1) is 24.8. The summed E-state index contributed by atoms with van der Waals surface area (Å²) in [6.45, 7) is 2.60. The molecule has 0 radical (unpaired) electrons. The van der Waals surface area contributed by atoms with Crippen LogP contribution in [0.2, 0.25) is 0 Å². The third-order valence-electron chi connectivity index (χ3n) is 7.20. The summed E-state index contributed by atoms with van der Waals surface area (Å²) in [6, 6.07) is 9.89. The quantitative estimate of drug-likeness (QED) is 0.465. The number of rotatable bonds is 5. The van der Waals surface area contributed by atoms with Gasteiger partial charge in [-0.3, -0.25) is 0 Å². The minimum Gasteiger partial charge on any atom is -0.485 e. The Bertz CT molecular complexity index is 1250. The van der Waals surface area contributed by atoms with Crippen LogP contribution < -0.4 is 10.5 Å². The van der Waals surface area contributed by atoms with Crippen LogP contribution in [-0.4, -0.2) is 45.7 Å². The number of nitrogen functional groups attached to an aromatic ring is 1. The zero-order valence-electron chi connectivity index (χ0n) is 20.9. The Balaban J connectivity index is 1.25. The van der Waals surface area contributed by atoms with Crippen molar-refractivity contribution in [3.05, 3.63) is 58.9 Å². The molecule has 188 valence electrons. The molecular formula is C29H34N4O2S. The van der Waals surface area contributed by atoms with Crippen molar-refractivity contribution in [2.24, 2.45) is 0 Å². The van der Waals surface area contributed by atoms with Gasteiger partial charge in [-0.15, -0.1) is 11.3 Å². The number of benzene rings is 1. The normalized spacial score (nSPS) is 18.4. The van der Waals surface area contributed by atoms with Gasteiger partial charge in [-0.25, -0.2) is 9.97 Å². The summed E-state index contributed by atoms with van der Waals surface area (Å²) in [5.74, 6) is 7.74. The number of likely N-dealkylation sites (tertiary alicyclic amines) is 1. The molecule has 1 aromatic carbocycles. The second-order valence-corrected chi connectivity index (χ2v) is 11.1. The van der Waals surface area contributed by atoms with Gasteiger partial charge in [-0.05, 0) is 82.4 Å². The molecule has 0 spiro atoms. The van der Waals surface area contributed by atoms with E-state index in [1.54, 1.807) is 17.5 Å². The van der Waals surface area contributed by atoms with Gasteiger partial charge in [0.2, 0.25) is 0 Å². The molecule has 36 heavy (non-hydrogen) atoms. The first-order valence-corrected chi connectivity index (χ1v) is 13.7. The van der Waals surface area contributed by atoms with Crippen LogP contribution in [0.5, 0.6) is 5.75 Å². The van der Waals surface area contributed by atoms with Crippen LogP contribution in [-0.2, 0) is 6.61 Å². The van der Waals surface area contributed by atoms with E-state index >= 15 is 0 Å². The number of pyridine rings is 1. The van der Waals surface area contributed by atoms with Crippen LogP contribution in [0, 0.1) is 11.8 Å². The molecule has 3 aromatic rings. The monoisotopic (exact) mass is 502 g/mol. The van der Waals surface area contributed by atoms with Gasteiger partial charge >= 0.3 is 0 Å². The van der Waals surface area contributed by atoms with Crippen LogP contribution >= 0.6 is 11.3 Å². The number of ether oxygens (including phenoxy) is 1. The third-order valence-corrected chi connectivity index (χ3v) is 8.41. The van der Waals surface area contributed by atoms with Gasteiger partial charge in [-0.1, -0.05) is 30.4 Å². The number of nitrogens with zero attached hydrogens (tertiary/aromatic N) is 3. The Kier molecular flexibility index (Phi) is 7.56. The standard InChI is InChI=1S/C29H34N4O2S/c1-33-14-9-23(10-15-33)28-32-19-26(36-28)24-17-25(27(30)31-18-24)35-20-22-7-5-6-21(16-22)8-13-29(34)11-3-2-4-12-29/h5-7,16-19,23,34H,2-4,9-12,14-15,20H2,1H3,(H2,30,31). The van der Waals surface area contributed by atoms with Crippen LogP contribution in [0.25, 0.3) is 10.4 Å². The van der Waals surface area contributed by atoms with Gasteiger partial charge in [0.1, 0.15) is 12.2 Å². The number of aliphatic hydroxyl groups is 1. The Hall–Kier alpha value is -2.92. The Morgan fingerprint density at radius 3 is 2.75 bits per heavy atom. The van der Waals surface area contributed by atoms with E-state index < -0.39 is 5.60 Å². The summed E-state index contributed by atoms with van der Waals surface area (Å²) in [7, 11) is 2.18. The van der Waals surface area contributed by atoms with Crippen LogP contribution in [0.1, 0.15) is 67.0 Å². The maximum Gasteiger partial charge on any atom is 0.166 e. The van der Waals surface area contributed by atoms with Crippen molar-refractivity contribution >= 4 is 17.2 Å². The first-order valence-electron chi connectivity index (χ1n) is 12.8. The SMILES string of the molecule is CN1CCC(c2ncc(-c3cnc(N)c(OCc4cccc(C#CC5(O)CCCCC5)c4)c3)s2)CC1. The van der Waals surface area contributed by atoms with Gasteiger partial charge in [0, 0.05) is 29.4 Å². The molecule has 1 aliphatic heterocycles. The molecule has 1 aliphatic carbocycles. The molecule has 3 N–H and O–H groups in total. The van der Waals surface area contributed by atoms with Crippen molar-refractivity contribution in [2.45, 2.75) is 63.1 Å². The maximum atomic E-state index is 10.7. The molecule has 1 saturated carbocycles. The summed E-state index contributed by atoms with van der Waals surface area (Å²) >= 11 is 1.74. The molecule has 0 amide bonds. The fraction of sp³-hybridized carbons (Fsp3) is 0.448. The van der Waals surface area contributed by atoms with E-state index in [2.05, 4.69) is 28.8 Å². The summed E-state index contributed by atoms with van der Waals surface area (Å²) in [4.78, 5) is 12.6. The molecule has 0 atom stereocenters. The fourth-order valence-corrected chi connectivity index (χ4v) is 5.99. The number of anilines is 1. The average molecular weight is 503 g/mol. The Morgan fingerprint density at radius 2 is 1.94 bits per heavy atom. The number of hydrogen-bond acceptors (Lipinski definition) is 7. The lowest BCUT2D eigenvalue weighted by Gasteiger charge is -2.27. The molecule has 5 rings (SSSR count). The zero-order chi connectivity index (χ0) is 25.0. The third kappa shape index (κ3) is 6.07. The largest absolute Gasteiger partial charge is 0.485 e. The van der Waals surface area contributed by atoms with E-state index in [0.717, 1.165) is 73.2 Å². The fourth-order valence-electron chi connectivity index (χ4n) is 4.92. The second kappa shape index (κ2) is 11.0. The van der Waals surface area contributed by atoms with Crippen LogP contribution in [0.4, 0.5) is 5.82 Å². The molecular weight excluding hydrogens is 468 g/mol. The molecule has 2 aromatic heterocycles. The van der Waals surface area contributed by atoms with E-state index in [-0.39, 0.29) is 0 Å². The topological polar surface area (TPSA) is 84.5 Å². The van der Waals surface area contributed by atoms with Crippen molar-refractivity contribution in [3.63, 3.8) is 0 Å². The minimum atomic E-state index is -0.852. The van der Waals surface area contributed by atoms with Crippen LogP contribution in [0.3, 0.4) is 0 Å². The lowest BCUT2D eigenvalue weighted by Crippen LogP contribution is -2.29. The molecule has 1 saturated heterocycles. The van der Waals surface area contributed by atoms with E-state index in [4.69, 9.17) is 15.5 Å². The molecule has 0 unspecified atom stereocenters. The van der Waals surface area contributed by atoms with E-state index in [0.29, 0.717) is 24.1 Å². The second-order valence-electron chi connectivity index (χ2n) is 10.1. The smallest absolute Gasteiger partial charge is 0.166 e. The van der Waals surface area contributed by atoms with Crippen molar-refractivity contribution in [3.8, 4) is 28.0 Å². The van der Waals surface area contributed by atoms with Crippen molar-refractivity contribution < 1.29 is 9.84 Å². The molecule has 2 fully saturated rings. The number of aromatic nitrogens is 2. The predicted molar refractivity (Wildman–Crippen MR) is 145 cm³/mol. The van der Waals surface area contributed by atoms with Gasteiger partial charge in [0.25, 0.3) is 0 Å². The lowest BCUT2D eigenvalue weighted by atomic mass is 9.85. The number of piperidine rings is 1. The first-order chi connectivity index (χ1) is 17.5. The van der Waals surface area contributed by atoms with Gasteiger partial charge in [0.05, 0.1) is 9.88 Å². The van der Waals surface area contributed by atoms with Crippen molar-refractivity contribution in [1.29, 1.82) is 0 Å². The highest BCUT2D eigenvalue weighted by Gasteiger charge is 2.26. The Morgan fingerprint density at radius 1 is 1.14 bits per heavy atom. The summed E-state index contributed by atoms with van der Waals surface area (Å²) in [5.41, 5.74) is 8.12. The number of hydrogen-bond donors (Lipinski definition) is 2. The highest BCUT2D eigenvalue weighted by molar-refractivity contribution is 7.15. The summed E-state index contributed by atoms with van der Waals surface area (Å²) in [6.07, 6.45) is 10.8. The van der Waals surface area contributed by atoms with E-state index in [9.17, 15) is 5.11 Å². The zero-order valence-corrected chi connectivity index (χ0v) is 21.7. The minimum absolute atomic E-state index is 0.360. The van der Waals surface area contributed by atoms with Crippen LogP contribution in [0.15, 0.2) is 42.7 Å². The van der Waals surface area contributed by atoms with Gasteiger partial charge < -0.3 is 20.5 Å². The van der Waals surface area contributed by atoms with E-state index in [1.165, 1.54) is 11.4 Å². The Labute approximate surface area is 217 Å². The molecule has 6 nitrogen and oxygen atoms in total. The average Bonchev–Trinajstić information content (AvgIpc) is 3.39. The lowest BCUT2D eigenvalue weighted by molar-refractivity contribution is 0.0610. The summed E-state index contributed by atoms with van der Waals surface area (Å²) < 4.78 is 6.08. The van der Waals surface area contributed by atoms with E-state index in [1.807, 2.05) is 36.5 Å². The maximum absolute atomic E-state index is 10.7. The summed E-state index contributed by atoms with van der Waals surface area (Å²) in [5, 5.41) is 11.9. The number of thiazole rings is 1. The highest BCUT2D eigenvalue weighted by atomic mass is 32.1. The molecule has 3 heterocycles. The molecule has 7 heteroatoms. The van der Waals surface area contributed by atoms with Crippen molar-refractivity contribution in [1.82, 2.24) is 14.9 Å². The highest BCUT2D eigenvalue weighted by Crippen LogP contribution is 2.36. The predicted octanol–water partition coefficient (Wildman–Crippen LogP) is 5.22. The molecule has 2 aliphatic rings. The molecule has 0 bridgehead atoms.